The highest BCUT2D eigenvalue weighted by atomic mass is 19.1. The Morgan fingerprint density at radius 1 is 1.28 bits per heavy atom. The second-order valence-corrected chi connectivity index (χ2v) is 5.03. The summed E-state index contributed by atoms with van der Waals surface area (Å²) in [7, 11) is 0. The molecule has 2 aliphatic rings. The topological polar surface area (TPSA) is 24.5 Å². The molecule has 1 saturated carbocycles. The van der Waals surface area contributed by atoms with E-state index in [9.17, 15) is 4.39 Å². The second kappa shape index (κ2) is 5.24. The van der Waals surface area contributed by atoms with Gasteiger partial charge in [0.05, 0.1) is 13.2 Å². The first kappa shape index (κ1) is 11.9. The Kier molecular flexibility index (Phi) is 3.48. The van der Waals surface area contributed by atoms with Gasteiger partial charge in [-0.2, -0.15) is 0 Å². The lowest BCUT2D eigenvalue weighted by atomic mass is 10.1. The van der Waals surface area contributed by atoms with Crippen LogP contribution in [0.5, 0.6) is 0 Å². The number of hydrogen-bond donors (Lipinski definition) is 1. The standard InChI is InChI=1S/C14H19FN2O/c15-12-1-4-14(17-5-7-18-8-6-17)11(9-12)10-16-13-2-3-13/h1,4,9,13,16H,2-3,5-8,10H2. The maximum Gasteiger partial charge on any atom is 0.123 e. The molecule has 0 spiro atoms. The van der Waals surface area contributed by atoms with Gasteiger partial charge < -0.3 is 15.0 Å². The lowest BCUT2D eigenvalue weighted by Crippen LogP contribution is -2.37. The molecule has 1 saturated heterocycles. The molecule has 0 radical (unpaired) electrons. The molecule has 3 rings (SSSR count). The van der Waals surface area contributed by atoms with Crippen LogP contribution >= 0.6 is 0 Å². The summed E-state index contributed by atoms with van der Waals surface area (Å²) in [6.45, 7) is 4.05. The predicted molar refractivity (Wildman–Crippen MR) is 69.3 cm³/mol. The normalized spacial score (nSPS) is 20.2. The lowest BCUT2D eigenvalue weighted by Gasteiger charge is -2.30. The molecular weight excluding hydrogens is 231 g/mol. The molecule has 0 amide bonds. The number of benzene rings is 1. The van der Waals surface area contributed by atoms with Crippen LogP contribution in [-0.4, -0.2) is 32.3 Å². The Bertz CT molecular complexity index is 414. The third kappa shape index (κ3) is 2.82. The van der Waals surface area contributed by atoms with Crippen LogP contribution in [-0.2, 0) is 11.3 Å². The van der Waals surface area contributed by atoms with E-state index in [1.165, 1.54) is 12.8 Å². The van der Waals surface area contributed by atoms with Crippen molar-refractivity contribution in [3.8, 4) is 0 Å². The summed E-state index contributed by atoms with van der Waals surface area (Å²) in [5.41, 5.74) is 2.21. The molecule has 1 heterocycles. The molecule has 0 unspecified atom stereocenters. The molecule has 0 aromatic heterocycles. The van der Waals surface area contributed by atoms with Gasteiger partial charge in [-0.15, -0.1) is 0 Å². The Labute approximate surface area is 107 Å². The van der Waals surface area contributed by atoms with Crippen LogP contribution in [0.15, 0.2) is 18.2 Å². The highest BCUT2D eigenvalue weighted by Gasteiger charge is 2.21. The minimum absolute atomic E-state index is 0.153. The van der Waals surface area contributed by atoms with Crippen LogP contribution < -0.4 is 10.2 Å². The van der Waals surface area contributed by atoms with Gasteiger partial charge in [0.2, 0.25) is 0 Å². The van der Waals surface area contributed by atoms with Gasteiger partial charge in [-0.3, -0.25) is 0 Å². The number of morpholine rings is 1. The average Bonchev–Trinajstić information content (AvgIpc) is 3.21. The molecule has 0 bridgehead atoms. The van der Waals surface area contributed by atoms with Crippen LogP contribution in [0, 0.1) is 5.82 Å². The second-order valence-electron chi connectivity index (χ2n) is 5.03. The molecule has 1 aliphatic carbocycles. The van der Waals surface area contributed by atoms with Crippen molar-refractivity contribution in [3.05, 3.63) is 29.6 Å². The molecule has 2 fully saturated rings. The van der Waals surface area contributed by atoms with E-state index in [0.29, 0.717) is 6.04 Å². The van der Waals surface area contributed by atoms with Gasteiger partial charge in [-0.25, -0.2) is 4.39 Å². The Morgan fingerprint density at radius 3 is 2.78 bits per heavy atom. The van der Waals surface area contributed by atoms with Gasteiger partial charge in [0.25, 0.3) is 0 Å². The van der Waals surface area contributed by atoms with Crippen molar-refractivity contribution in [2.75, 3.05) is 31.2 Å². The predicted octanol–water partition coefficient (Wildman–Crippen LogP) is 1.91. The van der Waals surface area contributed by atoms with Gasteiger partial charge in [0.15, 0.2) is 0 Å². The number of rotatable bonds is 4. The zero-order chi connectivity index (χ0) is 12.4. The Morgan fingerprint density at radius 2 is 2.06 bits per heavy atom. The smallest absolute Gasteiger partial charge is 0.123 e. The lowest BCUT2D eigenvalue weighted by molar-refractivity contribution is 0.122. The van der Waals surface area contributed by atoms with Crippen molar-refractivity contribution in [2.45, 2.75) is 25.4 Å². The molecule has 1 aromatic carbocycles. The van der Waals surface area contributed by atoms with Gasteiger partial charge in [0, 0.05) is 31.4 Å². The van der Waals surface area contributed by atoms with Crippen molar-refractivity contribution in [2.24, 2.45) is 0 Å². The minimum Gasteiger partial charge on any atom is -0.378 e. The van der Waals surface area contributed by atoms with Crippen LogP contribution in [0.2, 0.25) is 0 Å². The van der Waals surface area contributed by atoms with Crippen molar-refractivity contribution in [3.63, 3.8) is 0 Å². The molecule has 1 N–H and O–H groups in total. The molecular formula is C14H19FN2O. The summed E-state index contributed by atoms with van der Waals surface area (Å²) in [5.74, 6) is -0.153. The molecule has 98 valence electrons. The Balaban J connectivity index is 1.76. The van der Waals surface area contributed by atoms with Gasteiger partial charge in [-0.05, 0) is 36.6 Å². The third-order valence-corrected chi connectivity index (χ3v) is 3.55. The fourth-order valence-corrected chi connectivity index (χ4v) is 2.35. The number of hydrogen-bond acceptors (Lipinski definition) is 3. The van der Waals surface area contributed by atoms with Crippen molar-refractivity contribution in [1.29, 1.82) is 0 Å². The number of nitrogens with zero attached hydrogens (tertiary/aromatic N) is 1. The summed E-state index contributed by atoms with van der Waals surface area (Å²) in [6, 6.07) is 5.74. The summed E-state index contributed by atoms with van der Waals surface area (Å²) in [5, 5.41) is 3.46. The first-order valence-corrected chi connectivity index (χ1v) is 6.67. The minimum atomic E-state index is -0.153. The highest BCUT2D eigenvalue weighted by molar-refractivity contribution is 5.54. The fraction of sp³-hybridized carbons (Fsp3) is 0.571. The number of anilines is 1. The van der Waals surface area contributed by atoms with E-state index in [0.717, 1.165) is 44.1 Å². The van der Waals surface area contributed by atoms with E-state index in [1.807, 2.05) is 6.07 Å². The van der Waals surface area contributed by atoms with E-state index in [1.54, 1.807) is 12.1 Å². The summed E-state index contributed by atoms with van der Waals surface area (Å²) in [6.07, 6.45) is 2.50. The van der Waals surface area contributed by atoms with E-state index in [4.69, 9.17) is 4.74 Å². The molecule has 1 aliphatic heterocycles. The molecule has 4 heteroatoms. The zero-order valence-electron chi connectivity index (χ0n) is 10.5. The first-order valence-electron chi connectivity index (χ1n) is 6.67. The van der Waals surface area contributed by atoms with E-state index in [2.05, 4.69) is 10.2 Å². The van der Waals surface area contributed by atoms with E-state index >= 15 is 0 Å². The van der Waals surface area contributed by atoms with Crippen LogP contribution in [0.4, 0.5) is 10.1 Å². The largest absolute Gasteiger partial charge is 0.378 e. The maximum atomic E-state index is 13.4. The molecule has 1 aromatic rings. The van der Waals surface area contributed by atoms with E-state index in [-0.39, 0.29) is 5.82 Å². The van der Waals surface area contributed by atoms with Gasteiger partial charge in [0.1, 0.15) is 5.82 Å². The molecule has 3 nitrogen and oxygen atoms in total. The third-order valence-electron chi connectivity index (χ3n) is 3.55. The van der Waals surface area contributed by atoms with Crippen LogP contribution in [0.3, 0.4) is 0 Å². The Hall–Kier alpha value is -1.13. The SMILES string of the molecule is Fc1ccc(N2CCOCC2)c(CNC2CC2)c1. The molecule has 0 atom stereocenters. The fourth-order valence-electron chi connectivity index (χ4n) is 2.35. The van der Waals surface area contributed by atoms with Crippen molar-refractivity contribution < 1.29 is 9.13 Å². The molecule has 18 heavy (non-hydrogen) atoms. The van der Waals surface area contributed by atoms with Crippen molar-refractivity contribution >= 4 is 5.69 Å². The van der Waals surface area contributed by atoms with Crippen LogP contribution in [0.1, 0.15) is 18.4 Å². The summed E-state index contributed by atoms with van der Waals surface area (Å²) < 4.78 is 18.7. The monoisotopic (exact) mass is 250 g/mol. The number of halogens is 1. The zero-order valence-corrected chi connectivity index (χ0v) is 10.5. The van der Waals surface area contributed by atoms with Gasteiger partial charge >= 0.3 is 0 Å². The van der Waals surface area contributed by atoms with Gasteiger partial charge in [-0.1, -0.05) is 0 Å². The van der Waals surface area contributed by atoms with Crippen LogP contribution in [0.25, 0.3) is 0 Å². The summed E-state index contributed by atoms with van der Waals surface area (Å²) >= 11 is 0. The average molecular weight is 250 g/mol. The first-order chi connectivity index (χ1) is 8.83. The maximum absolute atomic E-state index is 13.4. The summed E-state index contributed by atoms with van der Waals surface area (Å²) in [4.78, 5) is 2.28. The highest BCUT2D eigenvalue weighted by Crippen LogP contribution is 2.25. The van der Waals surface area contributed by atoms with Crippen molar-refractivity contribution in [1.82, 2.24) is 5.32 Å². The van der Waals surface area contributed by atoms with E-state index < -0.39 is 0 Å². The number of nitrogens with one attached hydrogen (secondary N) is 1. The quantitative estimate of drug-likeness (QED) is 0.883. The number of ether oxygens (including phenoxy) is 1.